The zero-order valence-electron chi connectivity index (χ0n) is 15.5. The van der Waals surface area contributed by atoms with Crippen molar-refractivity contribution in [1.82, 2.24) is 10.2 Å². The van der Waals surface area contributed by atoms with Crippen LogP contribution < -0.4 is 10.2 Å². The van der Waals surface area contributed by atoms with Crippen molar-refractivity contribution in [2.45, 2.75) is 13.0 Å². The molecule has 0 bridgehead atoms. The van der Waals surface area contributed by atoms with E-state index in [1.54, 1.807) is 7.05 Å². The van der Waals surface area contributed by atoms with E-state index >= 15 is 0 Å². The van der Waals surface area contributed by atoms with Crippen molar-refractivity contribution >= 4 is 11.6 Å². The second-order valence-electron chi connectivity index (χ2n) is 6.85. The Morgan fingerprint density at radius 3 is 2.62 bits per heavy atom. The van der Waals surface area contributed by atoms with Crippen LogP contribution in [0.4, 0.5) is 10.1 Å². The third-order valence-corrected chi connectivity index (χ3v) is 4.86. The van der Waals surface area contributed by atoms with Crippen LogP contribution in [0.5, 0.6) is 0 Å². The number of aliphatic imine (C=N–C) groups is 1. The summed E-state index contributed by atoms with van der Waals surface area (Å²) in [6.45, 7) is 3.76. The fraction of sp³-hybridized carbons (Fsp3) is 0.381. The molecule has 1 heterocycles. The van der Waals surface area contributed by atoms with Gasteiger partial charge in [0.15, 0.2) is 5.96 Å². The number of para-hydroxylation sites is 1. The number of hydrogen-bond donors (Lipinski definition) is 1. The van der Waals surface area contributed by atoms with Crippen molar-refractivity contribution in [1.29, 1.82) is 0 Å². The SMILES string of the molecule is CN=C(NCC1CCN(c2ccccc2)C1)N(C)Cc1ccc(F)cc1. The van der Waals surface area contributed by atoms with Gasteiger partial charge in [-0.1, -0.05) is 30.3 Å². The van der Waals surface area contributed by atoms with Gasteiger partial charge in [-0.05, 0) is 42.2 Å². The molecule has 2 aromatic carbocycles. The molecule has 26 heavy (non-hydrogen) atoms. The number of anilines is 1. The van der Waals surface area contributed by atoms with Gasteiger partial charge >= 0.3 is 0 Å². The Balaban J connectivity index is 1.49. The first-order valence-electron chi connectivity index (χ1n) is 9.12. The van der Waals surface area contributed by atoms with Gasteiger partial charge in [0, 0.05) is 46.0 Å². The van der Waals surface area contributed by atoms with Crippen LogP contribution in [0.15, 0.2) is 59.6 Å². The van der Waals surface area contributed by atoms with Crippen molar-refractivity contribution in [3.63, 3.8) is 0 Å². The Hall–Kier alpha value is -2.56. The average Bonchev–Trinajstić information content (AvgIpc) is 3.14. The van der Waals surface area contributed by atoms with E-state index in [0.717, 1.165) is 31.2 Å². The van der Waals surface area contributed by atoms with Crippen LogP contribution in [0.25, 0.3) is 0 Å². The third kappa shape index (κ3) is 4.75. The number of benzene rings is 2. The number of nitrogens with one attached hydrogen (secondary N) is 1. The maximum absolute atomic E-state index is 13.0. The predicted molar refractivity (Wildman–Crippen MR) is 106 cm³/mol. The first kappa shape index (κ1) is 18.2. The molecule has 1 aliphatic heterocycles. The molecule has 1 atom stereocenters. The Morgan fingerprint density at radius 1 is 1.19 bits per heavy atom. The van der Waals surface area contributed by atoms with Gasteiger partial charge in [0.25, 0.3) is 0 Å². The standard InChI is InChI=1S/C21H27FN4/c1-23-21(25(2)15-17-8-10-19(22)11-9-17)24-14-18-12-13-26(16-18)20-6-4-3-5-7-20/h3-11,18H,12-16H2,1-2H3,(H,23,24). The van der Waals surface area contributed by atoms with E-state index in [9.17, 15) is 4.39 Å². The summed E-state index contributed by atoms with van der Waals surface area (Å²) >= 11 is 0. The van der Waals surface area contributed by atoms with Gasteiger partial charge in [-0.15, -0.1) is 0 Å². The monoisotopic (exact) mass is 354 g/mol. The van der Waals surface area contributed by atoms with Crippen LogP contribution >= 0.6 is 0 Å². The van der Waals surface area contributed by atoms with Crippen LogP contribution in [0.3, 0.4) is 0 Å². The summed E-state index contributed by atoms with van der Waals surface area (Å²) in [6.07, 6.45) is 1.18. The summed E-state index contributed by atoms with van der Waals surface area (Å²) in [6, 6.07) is 17.2. The minimum absolute atomic E-state index is 0.205. The summed E-state index contributed by atoms with van der Waals surface area (Å²) < 4.78 is 13.0. The molecule has 1 N–H and O–H groups in total. The molecule has 138 valence electrons. The second-order valence-corrected chi connectivity index (χ2v) is 6.85. The minimum Gasteiger partial charge on any atom is -0.371 e. The topological polar surface area (TPSA) is 30.9 Å². The average molecular weight is 354 g/mol. The maximum atomic E-state index is 13.0. The summed E-state index contributed by atoms with van der Waals surface area (Å²) in [7, 11) is 3.80. The number of rotatable bonds is 5. The van der Waals surface area contributed by atoms with E-state index in [2.05, 4.69) is 50.4 Å². The number of guanidine groups is 1. The molecule has 0 amide bonds. The van der Waals surface area contributed by atoms with E-state index < -0.39 is 0 Å². The summed E-state index contributed by atoms with van der Waals surface area (Å²) in [5, 5.41) is 3.49. The maximum Gasteiger partial charge on any atom is 0.193 e. The third-order valence-electron chi connectivity index (χ3n) is 4.86. The molecule has 1 aliphatic rings. The molecule has 0 radical (unpaired) electrons. The highest BCUT2D eigenvalue weighted by Gasteiger charge is 2.23. The highest BCUT2D eigenvalue weighted by molar-refractivity contribution is 5.79. The number of hydrogen-bond acceptors (Lipinski definition) is 2. The lowest BCUT2D eigenvalue weighted by Crippen LogP contribution is -2.41. The lowest BCUT2D eigenvalue weighted by molar-refractivity contribution is 0.462. The summed E-state index contributed by atoms with van der Waals surface area (Å²) in [5.74, 6) is 1.27. The van der Waals surface area contributed by atoms with Gasteiger partial charge in [0.1, 0.15) is 5.82 Å². The van der Waals surface area contributed by atoms with Gasteiger partial charge < -0.3 is 15.1 Å². The number of nitrogens with zero attached hydrogens (tertiary/aromatic N) is 3. The molecule has 0 aliphatic carbocycles. The van der Waals surface area contributed by atoms with Crippen molar-refractivity contribution in [3.8, 4) is 0 Å². The molecule has 0 aromatic heterocycles. The molecular formula is C21H27FN4. The molecular weight excluding hydrogens is 327 g/mol. The molecule has 1 saturated heterocycles. The Labute approximate surface area is 155 Å². The van der Waals surface area contributed by atoms with Gasteiger partial charge in [-0.25, -0.2) is 4.39 Å². The Kier molecular flexibility index (Phi) is 6.10. The Bertz CT molecular complexity index is 715. The van der Waals surface area contributed by atoms with E-state index in [0.29, 0.717) is 12.5 Å². The van der Waals surface area contributed by atoms with E-state index in [1.165, 1.54) is 24.2 Å². The van der Waals surface area contributed by atoms with Gasteiger partial charge in [0.05, 0.1) is 0 Å². The van der Waals surface area contributed by atoms with Crippen molar-refractivity contribution < 1.29 is 4.39 Å². The van der Waals surface area contributed by atoms with E-state index in [1.807, 2.05) is 19.2 Å². The largest absolute Gasteiger partial charge is 0.371 e. The summed E-state index contributed by atoms with van der Waals surface area (Å²) in [4.78, 5) is 8.89. The molecule has 1 unspecified atom stereocenters. The fourth-order valence-corrected chi connectivity index (χ4v) is 3.43. The van der Waals surface area contributed by atoms with Crippen LogP contribution in [-0.4, -0.2) is 44.6 Å². The molecule has 2 aromatic rings. The van der Waals surface area contributed by atoms with Crippen LogP contribution in [-0.2, 0) is 6.54 Å². The van der Waals surface area contributed by atoms with Crippen molar-refractivity contribution in [2.24, 2.45) is 10.9 Å². The predicted octanol–water partition coefficient (Wildman–Crippen LogP) is 3.36. The van der Waals surface area contributed by atoms with Crippen molar-refractivity contribution in [3.05, 3.63) is 66.0 Å². The normalized spacial score (nSPS) is 17.4. The summed E-state index contributed by atoms with van der Waals surface area (Å²) in [5.41, 5.74) is 2.36. The second kappa shape index (κ2) is 8.70. The van der Waals surface area contributed by atoms with Crippen LogP contribution in [0, 0.1) is 11.7 Å². The van der Waals surface area contributed by atoms with Gasteiger partial charge in [-0.3, -0.25) is 4.99 Å². The first-order chi connectivity index (χ1) is 12.7. The molecule has 0 spiro atoms. The number of halogens is 1. The van der Waals surface area contributed by atoms with E-state index in [4.69, 9.17) is 0 Å². The fourth-order valence-electron chi connectivity index (χ4n) is 3.43. The molecule has 4 nitrogen and oxygen atoms in total. The minimum atomic E-state index is -0.205. The van der Waals surface area contributed by atoms with Crippen molar-refractivity contribution in [2.75, 3.05) is 38.6 Å². The quantitative estimate of drug-likeness (QED) is 0.660. The Morgan fingerprint density at radius 2 is 1.92 bits per heavy atom. The molecule has 5 heteroatoms. The zero-order chi connectivity index (χ0) is 18.4. The van der Waals surface area contributed by atoms with Crippen LogP contribution in [0.2, 0.25) is 0 Å². The van der Waals surface area contributed by atoms with Gasteiger partial charge in [0.2, 0.25) is 0 Å². The van der Waals surface area contributed by atoms with Crippen LogP contribution in [0.1, 0.15) is 12.0 Å². The lowest BCUT2D eigenvalue weighted by Gasteiger charge is -2.24. The molecule has 1 fully saturated rings. The highest BCUT2D eigenvalue weighted by Crippen LogP contribution is 2.23. The molecule has 0 saturated carbocycles. The lowest BCUT2D eigenvalue weighted by atomic mass is 10.1. The molecule has 3 rings (SSSR count). The van der Waals surface area contributed by atoms with Gasteiger partial charge in [-0.2, -0.15) is 0 Å². The zero-order valence-corrected chi connectivity index (χ0v) is 15.5. The smallest absolute Gasteiger partial charge is 0.193 e. The highest BCUT2D eigenvalue weighted by atomic mass is 19.1. The van der Waals surface area contributed by atoms with E-state index in [-0.39, 0.29) is 5.82 Å². The first-order valence-corrected chi connectivity index (χ1v) is 9.12.